The number of nitro benzene ring substituents is 1. The highest BCUT2D eigenvalue weighted by molar-refractivity contribution is 6.30. The van der Waals surface area contributed by atoms with E-state index in [9.17, 15) is 14.9 Å². The van der Waals surface area contributed by atoms with E-state index in [4.69, 9.17) is 11.6 Å². The molecule has 1 saturated carbocycles. The molecule has 0 spiro atoms. The summed E-state index contributed by atoms with van der Waals surface area (Å²) in [4.78, 5) is 27.9. The number of fused-ring (bicyclic) bond motifs is 1. The Morgan fingerprint density at radius 3 is 2.58 bits per heavy atom. The fourth-order valence-electron chi connectivity index (χ4n) is 4.77. The summed E-state index contributed by atoms with van der Waals surface area (Å²) in [6.07, 6.45) is 3.66. The van der Waals surface area contributed by atoms with Gasteiger partial charge in [0.05, 0.1) is 16.2 Å². The molecule has 1 aliphatic rings. The van der Waals surface area contributed by atoms with Crippen molar-refractivity contribution in [1.82, 2.24) is 4.98 Å². The highest BCUT2D eigenvalue weighted by atomic mass is 35.5. The molecule has 1 aromatic heterocycles. The van der Waals surface area contributed by atoms with Crippen LogP contribution in [0.15, 0.2) is 78.4 Å². The molecule has 0 radical (unpaired) electrons. The number of aromatic nitrogens is 1. The van der Waals surface area contributed by atoms with E-state index in [1.165, 1.54) is 12.1 Å². The van der Waals surface area contributed by atoms with E-state index >= 15 is 0 Å². The number of carbonyl (C=O) groups is 1. The van der Waals surface area contributed by atoms with Gasteiger partial charge in [-0.25, -0.2) is 0 Å². The van der Waals surface area contributed by atoms with E-state index < -0.39 is 4.92 Å². The number of H-pyrrole nitrogens is 1. The number of nitro groups is 1. The second kappa shape index (κ2) is 8.68. The first kappa shape index (κ1) is 21.2. The monoisotopic (exact) mass is 456 g/mol. The Hall–Kier alpha value is -3.70. The molecule has 1 N–H and O–H groups in total. The van der Waals surface area contributed by atoms with Crippen molar-refractivity contribution in [3.05, 3.63) is 105 Å². The summed E-state index contributed by atoms with van der Waals surface area (Å²) in [5.74, 6) is -0.166. The zero-order chi connectivity index (χ0) is 22.9. The van der Waals surface area contributed by atoms with Gasteiger partial charge < -0.3 is 4.98 Å². The van der Waals surface area contributed by atoms with Crippen molar-refractivity contribution in [2.75, 3.05) is 0 Å². The lowest BCUT2D eigenvalue weighted by molar-refractivity contribution is -0.385. The number of benzene rings is 3. The second-order valence-corrected chi connectivity index (χ2v) is 8.69. The first-order chi connectivity index (χ1) is 16.0. The predicted molar refractivity (Wildman–Crippen MR) is 131 cm³/mol. The number of aromatic amines is 1. The summed E-state index contributed by atoms with van der Waals surface area (Å²) in [5, 5.41) is 13.1. The molecular formula is C27H21ClN2O3. The standard InChI is InChI=1S/C27H21ClN2O3/c28-19-13-14-24(30(32)33)18(15-19)16-22-20(10-6-12-25(22)31)26-21-9-4-5-11-23(21)29-27(26)17-7-2-1-3-8-17/h1-5,7-9,11,13-16,20,29H,6,10,12H2/b22-16+. The minimum absolute atomic E-state index is 0.0183. The molecule has 5 nitrogen and oxygen atoms in total. The topological polar surface area (TPSA) is 76.0 Å². The number of halogens is 1. The lowest BCUT2D eigenvalue weighted by Crippen LogP contribution is -2.18. The molecule has 0 saturated heterocycles. The van der Waals surface area contributed by atoms with Crippen LogP contribution in [0.1, 0.15) is 36.3 Å². The molecule has 3 aromatic carbocycles. The van der Waals surface area contributed by atoms with Crippen LogP contribution < -0.4 is 0 Å². The average molecular weight is 457 g/mol. The van der Waals surface area contributed by atoms with E-state index in [0.717, 1.165) is 40.6 Å². The molecule has 164 valence electrons. The number of rotatable bonds is 4. The van der Waals surface area contributed by atoms with Gasteiger partial charge in [-0.15, -0.1) is 0 Å². The lowest BCUT2D eigenvalue weighted by atomic mass is 9.76. The molecular weight excluding hydrogens is 436 g/mol. The Bertz CT molecular complexity index is 1410. The molecule has 5 rings (SSSR count). The van der Waals surface area contributed by atoms with Crippen LogP contribution in [-0.4, -0.2) is 15.7 Å². The summed E-state index contributed by atoms with van der Waals surface area (Å²) < 4.78 is 0. The van der Waals surface area contributed by atoms with Crippen LogP contribution in [0.4, 0.5) is 5.69 Å². The van der Waals surface area contributed by atoms with Crippen LogP contribution in [-0.2, 0) is 4.79 Å². The van der Waals surface area contributed by atoms with Gasteiger partial charge in [0.15, 0.2) is 5.78 Å². The first-order valence-electron chi connectivity index (χ1n) is 10.9. The van der Waals surface area contributed by atoms with Gasteiger partial charge in [0.2, 0.25) is 0 Å². The fraction of sp³-hybridized carbons (Fsp3) is 0.148. The molecule has 1 heterocycles. The van der Waals surface area contributed by atoms with Crippen LogP contribution >= 0.6 is 11.6 Å². The van der Waals surface area contributed by atoms with Gasteiger partial charge in [-0.2, -0.15) is 0 Å². The third kappa shape index (κ3) is 3.96. The number of hydrogen-bond acceptors (Lipinski definition) is 3. The van der Waals surface area contributed by atoms with Crippen molar-refractivity contribution < 1.29 is 9.72 Å². The number of carbonyl (C=O) groups excluding carboxylic acids is 1. The summed E-state index contributed by atoms with van der Waals surface area (Å²) >= 11 is 6.15. The maximum absolute atomic E-state index is 13.2. The molecule has 0 bridgehead atoms. The van der Waals surface area contributed by atoms with Gasteiger partial charge in [0.1, 0.15) is 0 Å². The summed E-state index contributed by atoms with van der Waals surface area (Å²) in [7, 11) is 0. The van der Waals surface area contributed by atoms with E-state index in [1.54, 1.807) is 12.1 Å². The van der Waals surface area contributed by atoms with Crippen molar-refractivity contribution in [2.45, 2.75) is 25.2 Å². The second-order valence-electron chi connectivity index (χ2n) is 8.25. The molecule has 33 heavy (non-hydrogen) atoms. The number of Topliss-reactive ketones (excluding diaryl/α,β-unsaturated/α-hetero) is 1. The summed E-state index contributed by atoms with van der Waals surface area (Å²) in [6.45, 7) is 0. The molecule has 1 aliphatic carbocycles. The zero-order valence-electron chi connectivity index (χ0n) is 17.8. The minimum atomic E-state index is -0.438. The zero-order valence-corrected chi connectivity index (χ0v) is 18.5. The van der Waals surface area contributed by atoms with Gasteiger partial charge >= 0.3 is 0 Å². The molecule has 6 heteroatoms. The highest BCUT2D eigenvalue weighted by Crippen LogP contribution is 2.45. The highest BCUT2D eigenvalue weighted by Gasteiger charge is 2.32. The number of para-hydroxylation sites is 1. The number of nitrogens with one attached hydrogen (secondary N) is 1. The van der Waals surface area contributed by atoms with Crippen molar-refractivity contribution in [2.24, 2.45) is 0 Å². The normalized spacial score (nSPS) is 17.5. The lowest BCUT2D eigenvalue weighted by Gasteiger charge is -2.26. The molecule has 1 atom stereocenters. The van der Waals surface area contributed by atoms with Gasteiger partial charge in [-0.1, -0.05) is 60.1 Å². The van der Waals surface area contributed by atoms with E-state index in [0.29, 0.717) is 22.6 Å². The summed E-state index contributed by atoms with van der Waals surface area (Å²) in [5.41, 5.74) is 4.94. The minimum Gasteiger partial charge on any atom is -0.354 e. The Balaban J connectivity index is 1.74. The maximum atomic E-state index is 13.2. The van der Waals surface area contributed by atoms with Crippen LogP contribution in [0.25, 0.3) is 28.2 Å². The van der Waals surface area contributed by atoms with E-state index in [1.807, 2.05) is 48.5 Å². The van der Waals surface area contributed by atoms with Crippen molar-refractivity contribution >= 4 is 40.1 Å². The fourth-order valence-corrected chi connectivity index (χ4v) is 4.96. The molecule has 0 aliphatic heterocycles. The number of hydrogen-bond donors (Lipinski definition) is 1. The van der Waals surface area contributed by atoms with Gasteiger partial charge in [-0.3, -0.25) is 14.9 Å². The summed E-state index contributed by atoms with van der Waals surface area (Å²) in [6, 6.07) is 22.5. The van der Waals surface area contributed by atoms with Crippen molar-refractivity contribution in [3.63, 3.8) is 0 Å². The predicted octanol–water partition coefficient (Wildman–Crippen LogP) is 7.32. The Morgan fingerprint density at radius 2 is 1.79 bits per heavy atom. The number of allylic oxidation sites excluding steroid dienone is 1. The van der Waals surface area contributed by atoms with Gasteiger partial charge in [-0.05, 0) is 48.2 Å². The molecule has 4 aromatic rings. The van der Waals surface area contributed by atoms with Crippen LogP contribution in [0.2, 0.25) is 5.02 Å². The Labute approximate surface area is 195 Å². The van der Waals surface area contributed by atoms with Crippen LogP contribution in [0.3, 0.4) is 0 Å². The number of nitrogens with zero attached hydrogens (tertiary/aromatic N) is 1. The Morgan fingerprint density at radius 1 is 1.03 bits per heavy atom. The van der Waals surface area contributed by atoms with Crippen molar-refractivity contribution in [3.8, 4) is 11.3 Å². The van der Waals surface area contributed by atoms with Crippen LogP contribution in [0, 0.1) is 10.1 Å². The smallest absolute Gasteiger partial charge is 0.276 e. The third-order valence-electron chi connectivity index (χ3n) is 6.25. The third-order valence-corrected chi connectivity index (χ3v) is 6.48. The first-order valence-corrected chi connectivity index (χ1v) is 11.3. The molecule has 1 unspecified atom stereocenters. The maximum Gasteiger partial charge on any atom is 0.276 e. The largest absolute Gasteiger partial charge is 0.354 e. The van der Waals surface area contributed by atoms with E-state index in [-0.39, 0.29) is 17.4 Å². The van der Waals surface area contributed by atoms with Crippen molar-refractivity contribution in [1.29, 1.82) is 0 Å². The quantitative estimate of drug-likeness (QED) is 0.198. The molecule has 1 fully saturated rings. The van der Waals surface area contributed by atoms with Crippen LogP contribution in [0.5, 0.6) is 0 Å². The SMILES string of the molecule is O=C1CCCC(c2c(-c3ccccc3)[nH]c3ccccc23)/C1=C\c1cc(Cl)ccc1[N+](=O)[O-]. The van der Waals surface area contributed by atoms with E-state index in [2.05, 4.69) is 11.1 Å². The average Bonchev–Trinajstić information content (AvgIpc) is 3.20. The number of ketones is 1. The van der Waals surface area contributed by atoms with Gasteiger partial charge in [0.25, 0.3) is 5.69 Å². The van der Waals surface area contributed by atoms with Gasteiger partial charge in [0, 0.05) is 39.9 Å². The molecule has 0 amide bonds. The Kier molecular flexibility index (Phi) is 5.56.